The summed E-state index contributed by atoms with van der Waals surface area (Å²) in [6, 6.07) is 4.37. The van der Waals surface area contributed by atoms with E-state index in [9.17, 15) is 12.8 Å². The van der Waals surface area contributed by atoms with Crippen molar-refractivity contribution in [2.24, 2.45) is 5.14 Å². The fourth-order valence-corrected chi connectivity index (χ4v) is 2.42. The lowest BCUT2D eigenvalue weighted by Gasteiger charge is -2.13. The maximum Gasteiger partial charge on any atom is 0.242 e. The zero-order valence-corrected chi connectivity index (χ0v) is 9.92. The minimum Gasteiger partial charge on any atom is -0.495 e. The topological polar surface area (TPSA) is 69.4 Å². The van der Waals surface area contributed by atoms with Crippen LogP contribution < -0.4 is 9.88 Å². The molecule has 0 amide bonds. The van der Waals surface area contributed by atoms with Crippen LogP contribution in [0.4, 0.5) is 4.39 Å². The van der Waals surface area contributed by atoms with E-state index in [1.807, 2.05) is 0 Å². The van der Waals surface area contributed by atoms with Crippen LogP contribution in [0.5, 0.6) is 5.75 Å². The quantitative estimate of drug-likeness (QED) is 0.881. The summed E-state index contributed by atoms with van der Waals surface area (Å²) < 4.78 is 41.2. The molecule has 0 spiro atoms. The Morgan fingerprint density at radius 3 is 2.56 bits per heavy atom. The SMILES string of the molecule is CCC(F)c1cccc(OC)c1S(N)(=O)=O. The minimum absolute atomic E-state index is 0.0457. The van der Waals surface area contributed by atoms with Crippen molar-refractivity contribution in [3.8, 4) is 5.75 Å². The largest absolute Gasteiger partial charge is 0.495 e. The Labute approximate surface area is 94.3 Å². The van der Waals surface area contributed by atoms with Crippen molar-refractivity contribution < 1.29 is 17.5 Å². The molecule has 90 valence electrons. The molecule has 0 saturated heterocycles. The van der Waals surface area contributed by atoms with E-state index in [4.69, 9.17) is 9.88 Å². The molecule has 1 aromatic carbocycles. The first-order chi connectivity index (χ1) is 7.41. The van der Waals surface area contributed by atoms with E-state index in [1.54, 1.807) is 6.92 Å². The Morgan fingerprint density at radius 2 is 2.12 bits per heavy atom. The molecule has 4 nitrogen and oxygen atoms in total. The van der Waals surface area contributed by atoms with E-state index in [0.29, 0.717) is 0 Å². The second-order valence-corrected chi connectivity index (χ2v) is 4.80. The molecule has 0 heterocycles. The molecule has 6 heteroatoms. The van der Waals surface area contributed by atoms with E-state index < -0.39 is 16.2 Å². The van der Waals surface area contributed by atoms with Crippen molar-refractivity contribution in [2.45, 2.75) is 24.4 Å². The van der Waals surface area contributed by atoms with Crippen LogP contribution in [0.2, 0.25) is 0 Å². The first-order valence-corrected chi connectivity index (χ1v) is 6.30. The van der Waals surface area contributed by atoms with Crippen LogP contribution in [0.1, 0.15) is 25.1 Å². The van der Waals surface area contributed by atoms with Crippen LogP contribution >= 0.6 is 0 Å². The molecule has 0 saturated carbocycles. The highest BCUT2D eigenvalue weighted by Gasteiger charge is 2.23. The number of hydrogen-bond donors (Lipinski definition) is 1. The molecular weight excluding hydrogens is 233 g/mol. The molecule has 0 bridgehead atoms. The number of methoxy groups -OCH3 is 1. The van der Waals surface area contributed by atoms with Crippen LogP contribution in [0, 0.1) is 0 Å². The van der Waals surface area contributed by atoms with E-state index in [0.717, 1.165) is 0 Å². The summed E-state index contributed by atoms with van der Waals surface area (Å²) in [7, 11) is -2.68. The monoisotopic (exact) mass is 247 g/mol. The minimum atomic E-state index is -4.00. The first kappa shape index (κ1) is 12.9. The van der Waals surface area contributed by atoms with Gasteiger partial charge in [-0.15, -0.1) is 0 Å². The Bertz CT molecular complexity index is 473. The number of nitrogens with two attached hydrogens (primary N) is 1. The van der Waals surface area contributed by atoms with Gasteiger partial charge in [-0.25, -0.2) is 17.9 Å². The summed E-state index contributed by atoms with van der Waals surface area (Å²) >= 11 is 0. The number of sulfonamides is 1. The maximum absolute atomic E-state index is 13.6. The normalized spacial score (nSPS) is 13.5. The number of alkyl halides is 1. The Balaban J connectivity index is 3.50. The fourth-order valence-electron chi connectivity index (χ4n) is 1.46. The molecule has 0 aliphatic carbocycles. The van der Waals surface area contributed by atoms with Gasteiger partial charge in [0.1, 0.15) is 16.8 Å². The molecule has 0 radical (unpaired) electrons. The van der Waals surface area contributed by atoms with Crippen LogP contribution in [-0.2, 0) is 10.0 Å². The zero-order chi connectivity index (χ0) is 12.3. The molecule has 1 atom stereocenters. The molecule has 1 unspecified atom stereocenters. The van der Waals surface area contributed by atoms with E-state index in [1.165, 1.54) is 25.3 Å². The number of rotatable bonds is 4. The van der Waals surface area contributed by atoms with Gasteiger partial charge in [-0.3, -0.25) is 0 Å². The lowest BCUT2D eigenvalue weighted by molar-refractivity contribution is 0.324. The molecule has 1 rings (SSSR count). The van der Waals surface area contributed by atoms with Crippen molar-refractivity contribution in [1.29, 1.82) is 0 Å². The molecule has 0 aliphatic heterocycles. The molecule has 0 fully saturated rings. The van der Waals surface area contributed by atoms with Crippen LogP contribution in [-0.4, -0.2) is 15.5 Å². The average molecular weight is 247 g/mol. The van der Waals surface area contributed by atoms with Gasteiger partial charge < -0.3 is 4.74 Å². The third-order valence-electron chi connectivity index (χ3n) is 2.21. The second-order valence-electron chi connectivity index (χ2n) is 3.30. The fraction of sp³-hybridized carbons (Fsp3) is 0.400. The van der Waals surface area contributed by atoms with Gasteiger partial charge in [0.05, 0.1) is 7.11 Å². The van der Waals surface area contributed by atoms with E-state index in [-0.39, 0.29) is 22.6 Å². The summed E-state index contributed by atoms with van der Waals surface area (Å²) in [5, 5.41) is 5.05. The van der Waals surface area contributed by atoms with Gasteiger partial charge in [0.15, 0.2) is 0 Å². The molecular formula is C10H14FNO3S. The second kappa shape index (κ2) is 4.80. The number of primary sulfonamides is 1. The van der Waals surface area contributed by atoms with Gasteiger partial charge in [0.2, 0.25) is 10.0 Å². The van der Waals surface area contributed by atoms with E-state index >= 15 is 0 Å². The van der Waals surface area contributed by atoms with Gasteiger partial charge in [-0.2, -0.15) is 0 Å². The number of hydrogen-bond acceptors (Lipinski definition) is 3. The van der Waals surface area contributed by atoms with Crippen molar-refractivity contribution in [2.75, 3.05) is 7.11 Å². The van der Waals surface area contributed by atoms with Crippen LogP contribution in [0.25, 0.3) is 0 Å². The van der Waals surface area contributed by atoms with Crippen LogP contribution in [0.3, 0.4) is 0 Å². The predicted molar refractivity (Wildman–Crippen MR) is 58.5 cm³/mol. The van der Waals surface area contributed by atoms with Crippen molar-refractivity contribution in [3.05, 3.63) is 23.8 Å². The highest BCUT2D eigenvalue weighted by Crippen LogP contribution is 2.33. The third kappa shape index (κ3) is 2.51. The Morgan fingerprint density at radius 1 is 1.50 bits per heavy atom. The average Bonchev–Trinajstić information content (AvgIpc) is 2.25. The Hall–Kier alpha value is -1.14. The summed E-state index contributed by atoms with van der Waals surface area (Å²) in [4.78, 5) is -0.271. The lowest BCUT2D eigenvalue weighted by atomic mass is 10.1. The molecule has 0 aromatic heterocycles. The maximum atomic E-state index is 13.6. The summed E-state index contributed by atoms with van der Waals surface area (Å²) in [6.07, 6.45) is -1.20. The van der Waals surface area contributed by atoms with Crippen molar-refractivity contribution in [1.82, 2.24) is 0 Å². The molecule has 0 aliphatic rings. The first-order valence-electron chi connectivity index (χ1n) is 4.75. The Kier molecular flexibility index (Phi) is 3.88. The van der Waals surface area contributed by atoms with Gasteiger partial charge in [-0.05, 0) is 12.5 Å². The lowest BCUT2D eigenvalue weighted by Crippen LogP contribution is -2.16. The predicted octanol–water partition coefficient (Wildman–Crippen LogP) is 1.76. The summed E-state index contributed by atoms with van der Waals surface area (Å²) in [6.45, 7) is 1.62. The molecule has 2 N–H and O–H groups in total. The van der Waals surface area contributed by atoms with Gasteiger partial charge in [-0.1, -0.05) is 19.1 Å². The highest BCUT2D eigenvalue weighted by atomic mass is 32.2. The number of benzene rings is 1. The molecule has 16 heavy (non-hydrogen) atoms. The third-order valence-corrected chi connectivity index (χ3v) is 3.22. The molecule has 1 aromatic rings. The van der Waals surface area contributed by atoms with Gasteiger partial charge >= 0.3 is 0 Å². The number of ether oxygens (including phenoxy) is 1. The highest BCUT2D eigenvalue weighted by molar-refractivity contribution is 7.89. The van der Waals surface area contributed by atoms with Gasteiger partial charge in [0, 0.05) is 5.56 Å². The standard InChI is InChI=1S/C10H14FNO3S/c1-3-8(11)7-5-4-6-9(15-2)10(7)16(12,13)14/h4-6,8H,3H2,1-2H3,(H2,12,13,14). The van der Waals surface area contributed by atoms with E-state index in [2.05, 4.69) is 0 Å². The van der Waals surface area contributed by atoms with Crippen molar-refractivity contribution >= 4 is 10.0 Å². The number of halogens is 1. The van der Waals surface area contributed by atoms with Crippen molar-refractivity contribution in [3.63, 3.8) is 0 Å². The van der Waals surface area contributed by atoms with Gasteiger partial charge in [0.25, 0.3) is 0 Å². The summed E-state index contributed by atoms with van der Waals surface area (Å²) in [5.74, 6) is 0.0658. The smallest absolute Gasteiger partial charge is 0.242 e. The van der Waals surface area contributed by atoms with Crippen LogP contribution in [0.15, 0.2) is 23.1 Å². The zero-order valence-electron chi connectivity index (χ0n) is 9.10. The summed E-state index contributed by atoms with van der Waals surface area (Å²) in [5.41, 5.74) is 0.0457.